The minimum absolute atomic E-state index is 0.0298. The molecule has 0 spiro atoms. The fourth-order valence-corrected chi connectivity index (χ4v) is 3.11. The van der Waals surface area contributed by atoms with E-state index in [-0.39, 0.29) is 16.3 Å². The van der Waals surface area contributed by atoms with Crippen LogP contribution in [0.25, 0.3) is 0 Å². The first-order valence-corrected chi connectivity index (χ1v) is 9.05. The molecule has 2 N–H and O–H groups in total. The third-order valence-corrected chi connectivity index (χ3v) is 4.56. The normalized spacial score (nSPS) is 11.4. The first-order valence-electron chi connectivity index (χ1n) is 7.56. The number of nitriles is 1. The van der Waals surface area contributed by atoms with Crippen LogP contribution in [0, 0.1) is 11.3 Å². The molecule has 0 saturated heterocycles. The predicted molar refractivity (Wildman–Crippen MR) is 95.6 cm³/mol. The molecule has 0 bridgehead atoms. The van der Waals surface area contributed by atoms with Crippen LogP contribution in [0.1, 0.15) is 36.7 Å². The predicted octanol–water partition coefficient (Wildman–Crippen LogP) is 2.89. The zero-order chi connectivity index (χ0) is 18.7. The maximum atomic E-state index is 12.4. The molecule has 0 aliphatic heterocycles. The molecule has 130 valence electrons. The molecule has 6 nitrogen and oxygen atoms in total. The summed E-state index contributed by atoms with van der Waals surface area (Å²) in [5.41, 5.74) is 0.651. The van der Waals surface area contributed by atoms with Gasteiger partial charge in [0.15, 0.2) is 0 Å². The maximum Gasteiger partial charge on any atom is 0.261 e. The van der Waals surface area contributed by atoms with Crippen molar-refractivity contribution in [3.05, 3.63) is 59.7 Å². The summed E-state index contributed by atoms with van der Waals surface area (Å²) >= 11 is 0. The number of anilines is 1. The van der Waals surface area contributed by atoms with Crippen LogP contribution in [0.5, 0.6) is 0 Å². The molecule has 0 radical (unpaired) electrons. The Morgan fingerprint density at radius 2 is 1.72 bits per heavy atom. The number of sulfonamides is 1. The number of carbonyl (C=O) groups is 1. The molecule has 0 atom stereocenters. The highest BCUT2D eigenvalue weighted by Gasteiger charge is 2.18. The van der Waals surface area contributed by atoms with Gasteiger partial charge in [0, 0.05) is 11.1 Å². The maximum absolute atomic E-state index is 12.4. The van der Waals surface area contributed by atoms with Gasteiger partial charge >= 0.3 is 0 Å². The average Bonchev–Trinajstić information content (AvgIpc) is 2.53. The molecule has 0 aliphatic rings. The van der Waals surface area contributed by atoms with Crippen molar-refractivity contribution in [2.75, 3.05) is 4.72 Å². The van der Waals surface area contributed by atoms with Crippen molar-refractivity contribution in [2.45, 2.75) is 31.2 Å². The zero-order valence-corrected chi connectivity index (χ0v) is 15.0. The molecule has 0 heterocycles. The molecular formula is C18H19N3O3S. The second-order valence-corrected chi connectivity index (χ2v) is 8.21. The Balaban J connectivity index is 2.20. The molecule has 0 aliphatic carbocycles. The minimum atomic E-state index is -3.81. The highest BCUT2D eigenvalue weighted by Crippen LogP contribution is 2.18. The van der Waals surface area contributed by atoms with Crippen LogP contribution >= 0.6 is 0 Å². The van der Waals surface area contributed by atoms with Crippen LogP contribution in [0.2, 0.25) is 0 Å². The van der Waals surface area contributed by atoms with Crippen LogP contribution < -0.4 is 10.0 Å². The number of hydrogen-bond donors (Lipinski definition) is 2. The number of hydrogen-bond acceptors (Lipinski definition) is 4. The van der Waals surface area contributed by atoms with Gasteiger partial charge in [-0.15, -0.1) is 0 Å². The summed E-state index contributed by atoms with van der Waals surface area (Å²) < 4.78 is 27.2. The smallest absolute Gasteiger partial charge is 0.261 e. The van der Waals surface area contributed by atoms with Gasteiger partial charge in [-0.2, -0.15) is 5.26 Å². The summed E-state index contributed by atoms with van der Waals surface area (Å²) in [5, 5.41) is 11.7. The van der Waals surface area contributed by atoms with Crippen molar-refractivity contribution in [3.63, 3.8) is 0 Å². The molecule has 25 heavy (non-hydrogen) atoms. The molecule has 0 saturated carbocycles. The highest BCUT2D eigenvalue weighted by molar-refractivity contribution is 7.92. The van der Waals surface area contributed by atoms with E-state index in [2.05, 4.69) is 10.0 Å². The highest BCUT2D eigenvalue weighted by atomic mass is 32.2. The van der Waals surface area contributed by atoms with Gasteiger partial charge in [0.2, 0.25) is 0 Å². The standard InChI is InChI=1S/C18H19N3O3S/c1-18(2,3)20-17(22)14-7-9-16(10-8-14)25(23,24)21-15-6-4-5-13(11-15)12-19/h4-11,21H,1-3H3,(H,20,22). The number of rotatable bonds is 4. The number of nitrogens with one attached hydrogen (secondary N) is 2. The monoisotopic (exact) mass is 357 g/mol. The summed E-state index contributed by atoms with van der Waals surface area (Å²) in [4.78, 5) is 12.1. The lowest BCUT2D eigenvalue weighted by molar-refractivity contribution is 0.0919. The average molecular weight is 357 g/mol. The minimum Gasteiger partial charge on any atom is -0.347 e. The Morgan fingerprint density at radius 3 is 2.28 bits per heavy atom. The van der Waals surface area contributed by atoms with E-state index in [1.165, 1.54) is 30.3 Å². The second kappa shape index (κ2) is 6.95. The van der Waals surface area contributed by atoms with Gasteiger partial charge in [-0.3, -0.25) is 9.52 Å². The molecule has 0 unspecified atom stereocenters. The van der Waals surface area contributed by atoms with Gasteiger partial charge in [-0.1, -0.05) is 6.07 Å². The Kier molecular flexibility index (Phi) is 5.14. The fraction of sp³-hybridized carbons (Fsp3) is 0.222. The molecule has 1 amide bonds. The van der Waals surface area contributed by atoms with E-state index in [4.69, 9.17) is 5.26 Å². The summed E-state index contributed by atoms with van der Waals surface area (Å²) in [6.45, 7) is 5.59. The van der Waals surface area contributed by atoms with Crippen molar-refractivity contribution in [1.82, 2.24) is 5.32 Å². The number of amides is 1. The van der Waals surface area contributed by atoms with Gasteiger partial charge in [0.05, 0.1) is 22.2 Å². The largest absolute Gasteiger partial charge is 0.347 e. The fourth-order valence-electron chi connectivity index (χ4n) is 2.06. The summed E-state index contributed by atoms with van der Waals surface area (Å²) in [7, 11) is -3.81. The topological polar surface area (TPSA) is 99.1 Å². The number of carbonyl (C=O) groups excluding carboxylic acids is 1. The van der Waals surface area contributed by atoms with Gasteiger partial charge in [-0.25, -0.2) is 8.42 Å². The first kappa shape index (κ1) is 18.5. The molecule has 7 heteroatoms. The van der Waals surface area contributed by atoms with Gasteiger partial charge in [0.1, 0.15) is 0 Å². The zero-order valence-electron chi connectivity index (χ0n) is 14.2. The summed E-state index contributed by atoms with van der Waals surface area (Å²) in [6.07, 6.45) is 0. The van der Waals surface area contributed by atoms with Gasteiger partial charge in [-0.05, 0) is 63.2 Å². The lowest BCUT2D eigenvalue weighted by Gasteiger charge is -2.20. The Hall–Kier alpha value is -2.85. The quantitative estimate of drug-likeness (QED) is 0.879. The Morgan fingerprint density at radius 1 is 1.08 bits per heavy atom. The van der Waals surface area contributed by atoms with E-state index in [0.29, 0.717) is 16.8 Å². The SMILES string of the molecule is CC(C)(C)NC(=O)c1ccc(S(=O)(=O)Nc2cccc(C#N)c2)cc1. The van der Waals surface area contributed by atoms with Crippen molar-refractivity contribution in [2.24, 2.45) is 0 Å². The molecule has 2 aromatic carbocycles. The van der Waals surface area contributed by atoms with E-state index >= 15 is 0 Å². The summed E-state index contributed by atoms with van der Waals surface area (Å²) in [5.74, 6) is -0.272. The first-order chi connectivity index (χ1) is 11.6. The van der Waals surface area contributed by atoms with Crippen molar-refractivity contribution < 1.29 is 13.2 Å². The van der Waals surface area contributed by atoms with Crippen LogP contribution in [-0.2, 0) is 10.0 Å². The van der Waals surface area contributed by atoms with E-state index in [0.717, 1.165) is 0 Å². The van der Waals surface area contributed by atoms with Crippen LogP contribution in [0.15, 0.2) is 53.4 Å². The van der Waals surface area contributed by atoms with Gasteiger partial charge < -0.3 is 5.32 Å². The lowest BCUT2D eigenvalue weighted by atomic mass is 10.1. The number of benzene rings is 2. The van der Waals surface area contributed by atoms with E-state index in [1.54, 1.807) is 18.2 Å². The van der Waals surface area contributed by atoms with Gasteiger partial charge in [0.25, 0.3) is 15.9 Å². The van der Waals surface area contributed by atoms with Crippen molar-refractivity contribution in [3.8, 4) is 6.07 Å². The second-order valence-electron chi connectivity index (χ2n) is 6.53. The third kappa shape index (κ3) is 5.06. The van der Waals surface area contributed by atoms with Crippen LogP contribution in [0.4, 0.5) is 5.69 Å². The van der Waals surface area contributed by atoms with Crippen molar-refractivity contribution >= 4 is 21.6 Å². The lowest BCUT2D eigenvalue weighted by Crippen LogP contribution is -2.40. The Bertz CT molecular complexity index is 921. The van der Waals surface area contributed by atoms with Crippen LogP contribution in [-0.4, -0.2) is 19.9 Å². The van der Waals surface area contributed by atoms with E-state index < -0.39 is 10.0 Å². The molecule has 0 fully saturated rings. The Labute approximate surface area is 147 Å². The number of nitrogens with zero attached hydrogens (tertiary/aromatic N) is 1. The molecular weight excluding hydrogens is 338 g/mol. The molecule has 0 aromatic heterocycles. The molecule has 2 rings (SSSR count). The van der Waals surface area contributed by atoms with E-state index in [9.17, 15) is 13.2 Å². The third-order valence-electron chi connectivity index (χ3n) is 3.16. The van der Waals surface area contributed by atoms with Crippen molar-refractivity contribution in [1.29, 1.82) is 5.26 Å². The van der Waals surface area contributed by atoms with Crippen LogP contribution in [0.3, 0.4) is 0 Å². The molecule has 2 aromatic rings. The summed E-state index contributed by atoms with van der Waals surface area (Å²) in [6, 6.07) is 13.8. The van der Waals surface area contributed by atoms with E-state index in [1.807, 2.05) is 26.8 Å².